The molecule has 2 rings (SSSR count). The molecule has 1 aliphatic rings. The molecule has 0 spiro atoms. The Morgan fingerprint density at radius 3 is 3.05 bits per heavy atom. The lowest BCUT2D eigenvalue weighted by molar-refractivity contribution is 0.0654. The number of hydrogen-bond acceptors (Lipinski definition) is 3. The maximum atomic E-state index is 12.5. The second-order valence-corrected chi connectivity index (χ2v) is 5.92. The fourth-order valence-electron chi connectivity index (χ4n) is 2.55. The van der Waals surface area contributed by atoms with Crippen LogP contribution < -0.4 is 5.73 Å². The van der Waals surface area contributed by atoms with Gasteiger partial charge in [0.2, 0.25) is 0 Å². The number of aliphatic hydroxyl groups is 1. The van der Waals surface area contributed by atoms with Crippen LogP contribution in [-0.2, 0) is 0 Å². The van der Waals surface area contributed by atoms with E-state index < -0.39 is 0 Å². The third kappa shape index (κ3) is 3.48. The quantitative estimate of drug-likeness (QED) is 0.837. The van der Waals surface area contributed by atoms with Gasteiger partial charge in [-0.05, 0) is 43.4 Å². The van der Waals surface area contributed by atoms with Crippen molar-refractivity contribution in [3.63, 3.8) is 0 Å². The number of nitrogens with two attached hydrogens (primary N) is 1. The van der Waals surface area contributed by atoms with Crippen molar-refractivity contribution in [2.24, 2.45) is 5.92 Å². The van der Waals surface area contributed by atoms with Gasteiger partial charge in [-0.2, -0.15) is 0 Å². The largest absolute Gasteiger partial charge is 0.398 e. The van der Waals surface area contributed by atoms with Gasteiger partial charge in [0.15, 0.2) is 0 Å². The number of nitrogens with zero attached hydrogens (tertiary/aromatic N) is 1. The number of amides is 1. The number of carbonyl (C=O) groups excluding carboxylic acids is 1. The molecule has 5 heteroatoms. The highest BCUT2D eigenvalue weighted by atomic mass is 79.9. The smallest absolute Gasteiger partial charge is 0.255 e. The number of piperidine rings is 1. The lowest BCUT2D eigenvalue weighted by atomic mass is 9.94. The van der Waals surface area contributed by atoms with E-state index in [2.05, 4.69) is 15.9 Å². The van der Waals surface area contributed by atoms with Gasteiger partial charge in [0.25, 0.3) is 5.91 Å². The van der Waals surface area contributed by atoms with Crippen molar-refractivity contribution >= 4 is 27.5 Å². The summed E-state index contributed by atoms with van der Waals surface area (Å²) >= 11 is 3.37. The minimum atomic E-state index is -0.0126. The van der Waals surface area contributed by atoms with Crippen molar-refractivity contribution in [1.29, 1.82) is 0 Å². The van der Waals surface area contributed by atoms with Crippen LogP contribution in [0.15, 0.2) is 22.7 Å². The number of benzene rings is 1. The first-order valence-corrected chi connectivity index (χ1v) is 7.36. The van der Waals surface area contributed by atoms with Gasteiger partial charge in [0.1, 0.15) is 0 Å². The van der Waals surface area contributed by atoms with E-state index in [0.717, 1.165) is 30.3 Å². The van der Waals surface area contributed by atoms with Gasteiger partial charge in [-0.15, -0.1) is 0 Å². The van der Waals surface area contributed by atoms with Crippen LogP contribution in [0.25, 0.3) is 0 Å². The minimum absolute atomic E-state index is 0.0126. The van der Waals surface area contributed by atoms with Gasteiger partial charge in [0, 0.05) is 29.9 Å². The maximum Gasteiger partial charge on any atom is 0.255 e. The molecule has 1 amide bonds. The first-order valence-electron chi connectivity index (χ1n) is 6.57. The fraction of sp³-hybridized carbons (Fsp3) is 0.500. The van der Waals surface area contributed by atoms with E-state index in [4.69, 9.17) is 10.8 Å². The van der Waals surface area contributed by atoms with Gasteiger partial charge >= 0.3 is 0 Å². The summed E-state index contributed by atoms with van der Waals surface area (Å²) in [5.74, 6) is 0.387. The predicted octanol–water partition coefficient (Wildman–Crippen LogP) is 2.27. The van der Waals surface area contributed by atoms with Gasteiger partial charge in [-0.25, -0.2) is 0 Å². The molecule has 1 aliphatic heterocycles. The zero-order valence-corrected chi connectivity index (χ0v) is 12.4. The molecule has 1 saturated heterocycles. The molecule has 3 N–H and O–H groups in total. The normalized spacial score (nSPS) is 19.5. The zero-order valence-electron chi connectivity index (χ0n) is 10.8. The highest BCUT2D eigenvalue weighted by Crippen LogP contribution is 2.24. The third-order valence-electron chi connectivity index (χ3n) is 3.59. The molecule has 0 aliphatic carbocycles. The summed E-state index contributed by atoms with van der Waals surface area (Å²) in [6.45, 7) is 1.67. The molecule has 104 valence electrons. The Kier molecular flexibility index (Phi) is 4.82. The highest BCUT2D eigenvalue weighted by Gasteiger charge is 2.25. The molecule has 1 heterocycles. The SMILES string of the molecule is Nc1ccc(Br)cc1C(=O)N1CCCC(CCO)C1. The Morgan fingerprint density at radius 2 is 2.32 bits per heavy atom. The number of anilines is 1. The Balaban J connectivity index is 2.12. The van der Waals surface area contributed by atoms with Crippen LogP contribution in [0, 0.1) is 5.92 Å². The fourth-order valence-corrected chi connectivity index (χ4v) is 2.91. The molecule has 0 radical (unpaired) electrons. The topological polar surface area (TPSA) is 66.6 Å². The number of halogens is 1. The van der Waals surface area contributed by atoms with E-state index in [-0.39, 0.29) is 12.5 Å². The number of nitrogen functional groups attached to an aromatic ring is 1. The summed E-state index contributed by atoms with van der Waals surface area (Å²) in [5, 5.41) is 9.01. The van der Waals surface area contributed by atoms with Crippen molar-refractivity contribution in [3.05, 3.63) is 28.2 Å². The summed E-state index contributed by atoms with van der Waals surface area (Å²) in [6.07, 6.45) is 2.83. The molecular formula is C14H19BrN2O2. The summed E-state index contributed by atoms with van der Waals surface area (Å²) in [7, 11) is 0. The summed E-state index contributed by atoms with van der Waals surface area (Å²) < 4.78 is 0.856. The second-order valence-electron chi connectivity index (χ2n) is 5.00. The van der Waals surface area contributed by atoms with Crippen molar-refractivity contribution in [2.45, 2.75) is 19.3 Å². The van der Waals surface area contributed by atoms with E-state index in [1.807, 2.05) is 11.0 Å². The molecule has 1 atom stereocenters. The summed E-state index contributed by atoms with van der Waals surface area (Å²) in [6, 6.07) is 5.34. The molecule has 1 unspecified atom stereocenters. The first kappa shape index (κ1) is 14.3. The number of aliphatic hydroxyl groups excluding tert-OH is 1. The molecule has 0 aromatic heterocycles. The molecule has 1 fully saturated rings. The molecule has 19 heavy (non-hydrogen) atoms. The standard InChI is InChI=1S/C14H19BrN2O2/c15-11-3-4-13(16)12(8-11)14(19)17-6-1-2-10(9-17)5-7-18/h3-4,8,10,18H,1-2,5-7,9,16H2. The lowest BCUT2D eigenvalue weighted by Gasteiger charge is -2.32. The van der Waals surface area contributed by atoms with E-state index >= 15 is 0 Å². The molecule has 0 saturated carbocycles. The Labute approximate surface area is 121 Å². The lowest BCUT2D eigenvalue weighted by Crippen LogP contribution is -2.40. The first-order chi connectivity index (χ1) is 9.11. The van der Waals surface area contributed by atoms with E-state index in [9.17, 15) is 4.79 Å². The Morgan fingerprint density at radius 1 is 1.53 bits per heavy atom. The molecule has 1 aromatic rings. The van der Waals surface area contributed by atoms with Gasteiger partial charge in [0.05, 0.1) is 5.56 Å². The van der Waals surface area contributed by atoms with Crippen LogP contribution in [0.2, 0.25) is 0 Å². The summed E-state index contributed by atoms with van der Waals surface area (Å²) in [5.41, 5.74) is 6.95. The molecular weight excluding hydrogens is 308 g/mol. The molecule has 4 nitrogen and oxygen atoms in total. The van der Waals surface area contributed by atoms with Crippen LogP contribution >= 0.6 is 15.9 Å². The van der Waals surface area contributed by atoms with E-state index in [0.29, 0.717) is 23.7 Å². The van der Waals surface area contributed by atoms with Crippen LogP contribution in [-0.4, -0.2) is 35.6 Å². The van der Waals surface area contributed by atoms with Crippen molar-refractivity contribution in [1.82, 2.24) is 4.90 Å². The van der Waals surface area contributed by atoms with Crippen LogP contribution in [0.4, 0.5) is 5.69 Å². The number of carbonyl (C=O) groups is 1. The average molecular weight is 327 g/mol. The van der Waals surface area contributed by atoms with E-state index in [1.54, 1.807) is 12.1 Å². The Bertz CT molecular complexity index is 463. The predicted molar refractivity (Wildman–Crippen MR) is 78.9 cm³/mol. The maximum absolute atomic E-state index is 12.5. The molecule has 0 bridgehead atoms. The second kappa shape index (κ2) is 6.39. The third-order valence-corrected chi connectivity index (χ3v) is 4.08. The summed E-state index contributed by atoms with van der Waals surface area (Å²) in [4.78, 5) is 14.3. The number of rotatable bonds is 3. The highest BCUT2D eigenvalue weighted by molar-refractivity contribution is 9.10. The van der Waals surface area contributed by atoms with Crippen LogP contribution in [0.5, 0.6) is 0 Å². The van der Waals surface area contributed by atoms with Crippen LogP contribution in [0.3, 0.4) is 0 Å². The van der Waals surface area contributed by atoms with Crippen LogP contribution in [0.1, 0.15) is 29.6 Å². The minimum Gasteiger partial charge on any atom is -0.398 e. The monoisotopic (exact) mass is 326 g/mol. The average Bonchev–Trinajstić information content (AvgIpc) is 2.41. The van der Waals surface area contributed by atoms with Gasteiger partial charge < -0.3 is 15.7 Å². The zero-order chi connectivity index (χ0) is 13.8. The van der Waals surface area contributed by atoms with E-state index in [1.165, 1.54) is 0 Å². The van der Waals surface area contributed by atoms with Gasteiger partial charge in [-0.3, -0.25) is 4.79 Å². The molecule has 1 aromatic carbocycles. The Hall–Kier alpha value is -1.07. The van der Waals surface area contributed by atoms with Crippen molar-refractivity contribution in [3.8, 4) is 0 Å². The van der Waals surface area contributed by atoms with Crippen molar-refractivity contribution in [2.75, 3.05) is 25.4 Å². The van der Waals surface area contributed by atoms with Gasteiger partial charge in [-0.1, -0.05) is 15.9 Å². The number of hydrogen-bond donors (Lipinski definition) is 2. The van der Waals surface area contributed by atoms with Crippen molar-refractivity contribution < 1.29 is 9.90 Å². The number of likely N-dealkylation sites (tertiary alicyclic amines) is 1.